The van der Waals surface area contributed by atoms with E-state index in [1.807, 2.05) is 6.08 Å². The lowest BCUT2D eigenvalue weighted by Crippen LogP contribution is -2.41. The molecule has 4 N–H and O–H groups in total. The molecule has 2 saturated heterocycles. The van der Waals surface area contributed by atoms with E-state index in [4.69, 9.17) is 39.4 Å². The first-order valence-corrected chi connectivity index (χ1v) is 10.9. The zero-order valence-corrected chi connectivity index (χ0v) is 18.1. The third kappa shape index (κ3) is 4.26. The molecule has 2 fully saturated rings. The van der Waals surface area contributed by atoms with Crippen molar-refractivity contribution in [1.29, 1.82) is 0 Å². The molecule has 4 heterocycles. The fourth-order valence-electron chi connectivity index (χ4n) is 3.82. The molecule has 1 spiro atoms. The molecule has 29 heavy (non-hydrogen) atoms. The number of hydrogen-bond donors (Lipinski definition) is 2. The molecular formula is C19H22Cl2N6OS. The lowest BCUT2D eigenvalue weighted by molar-refractivity contribution is 0.109. The maximum Gasteiger partial charge on any atom is 0.158 e. The Morgan fingerprint density at radius 1 is 1.28 bits per heavy atom. The van der Waals surface area contributed by atoms with E-state index in [1.54, 1.807) is 12.3 Å². The van der Waals surface area contributed by atoms with Gasteiger partial charge < -0.3 is 21.1 Å². The van der Waals surface area contributed by atoms with Gasteiger partial charge in [-0.1, -0.05) is 41.0 Å². The minimum atomic E-state index is 0.147. The fourth-order valence-corrected chi connectivity index (χ4v) is 5.12. The number of pyridine rings is 1. The van der Waals surface area contributed by atoms with E-state index in [9.17, 15) is 0 Å². The molecule has 0 amide bonds. The number of ether oxygens (including phenoxy) is 1. The van der Waals surface area contributed by atoms with Gasteiger partial charge in [0.05, 0.1) is 23.9 Å². The SMILES string of the molecule is C=CC1CC2(CCN(c3cnc(Sc4cc(N)nc(Cl)c4Cl)c(N)n3)CC2)CO1. The van der Waals surface area contributed by atoms with Gasteiger partial charge >= 0.3 is 0 Å². The Labute approximate surface area is 183 Å². The highest BCUT2D eigenvalue weighted by molar-refractivity contribution is 7.99. The number of piperidine rings is 1. The number of nitrogens with zero attached hydrogens (tertiary/aromatic N) is 4. The number of anilines is 3. The van der Waals surface area contributed by atoms with Crippen LogP contribution >= 0.6 is 35.0 Å². The van der Waals surface area contributed by atoms with Crippen LogP contribution < -0.4 is 16.4 Å². The molecule has 2 aromatic rings. The quantitative estimate of drug-likeness (QED) is 0.528. The van der Waals surface area contributed by atoms with Crippen LogP contribution in [-0.4, -0.2) is 40.8 Å². The van der Waals surface area contributed by atoms with Crippen LogP contribution in [-0.2, 0) is 4.74 Å². The molecule has 0 bridgehead atoms. The second-order valence-electron chi connectivity index (χ2n) is 7.45. The molecule has 2 aliphatic heterocycles. The Bertz CT molecular complexity index is 935. The summed E-state index contributed by atoms with van der Waals surface area (Å²) in [5, 5.41) is 1.01. The topological polar surface area (TPSA) is 103 Å². The zero-order valence-electron chi connectivity index (χ0n) is 15.8. The largest absolute Gasteiger partial charge is 0.384 e. The Hall–Kier alpha value is -1.74. The van der Waals surface area contributed by atoms with Crippen molar-refractivity contribution in [3.8, 4) is 0 Å². The van der Waals surface area contributed by atoms with Crippen molar-refractivity contribution in [2.24, 2.45) is 5.41 Å². The molecule has 2 aliphatic rings. The minimum Gasteiger partial charge on any atom is -0.384 e. The van der Waals surface area contributed by atoms with E-state index >= 15 is 0 Å². The molecule has 4 rings (SSSR count). The summed E-state index contributed by atoms with van der Waals surface area (Å²) >= 11 is 13.5. The van der Waals surface area contributed by atoms with Crippen LogP contribution in [0, 0.1) is 5.41 Å². The van der Waals surface area contributed by atoms with Gasteiger partial charge in [-0.05, 0) is 30.7 Å². The lowest BCUT2D eigenvalue weighted by Gasteiger charge is -2.38. The Kier molecular flexibility index (Phi) is 5.79. The first kappa shape index (κ1) is 20.5. The van der Waals surface area contributed by atoms with Crippen LogP contribution in [0.15, 0.2) is 34.8 Å². The van der Waals surface area contributed by atoms with E-state index in [1.165, 1.54) is 11.8 Å². The number of rotatable bonds is 4. The second-order valence-corrected chi connectivity index (χ2v) is 9.21. The fraction of sp³-hybridized carbons (Fsp3) is 0.421. The highest BCUT2D eigenvalue weighted by Crippen LogP contribution is 2.43. The highest BCUT2D eigenvalue weighted by atomic mass is 35.5. The number of nitrogens with two attached hydrogens (primary N) is 2. The molecular weight excluding hydrogens is 431 g/mol. The Morgan fingerprint density at radius 2 is 2.03 bits per heavy atom. The average Bonchev–Trinajstić information content (AvgIpc) is 3.10. The van der Waals surface area contributed by atoms with Crippen LogP contribution in [0.1, 0.15) is 19.3 Å². The van der Waals surface area contributed by atoms with E-state index in [0.717, 1.165) is 44.8 Å². The molecule has 10 heteroatoms. The van der Waals surface area contributed by atoms with Gasteiger partial charge in [0.2, 0.25) is 0 Å². The number of halogens is 2. The highest BCUT2D eigenvalue weighted by Gasteiger charge is 2.41. The van der Waals surface area contributed by atoms with Gasteiger partial charge in [0.15, 0.2) is 11.0 Å². The van der Waals surface area contributed by atoms with Gasteiger partial charge in [-0.3, -0.25) is 0 Å². The van der Waals surface area contributed by atoms with Crippen molar-refractivity contribution in [1.82, 2.24) is 15.0 Å². The number of hydrogen-bond acceptors (Lipinski definition) is 8. The standard InChI is InChI=1S/C19H22Cl2N6OS/c1-2-11-8-19(10-28-11)3-5-27(6-4-19)14-9-24-18(17(23)26-14)29-12-7-13(22)25-16(21)15(12)20/h2,7,9,11H,1,3-6,8,10H2,(H2,22,25)(H2,23,26). The van der Waals surface area contributed by atoms with Crippen LogP contribution in [0.2, 0.25) is 10.2 Å². The third-order valence-electron chi connectivity index (χ3n) is 5.51. The van der Waals surface area contributed by atoms with E-state index < -0.39 is 0 Å². The van der Waals surface area contributed by atoms with Gasteiger partial charge in [0, 0.05) is 18.0 Å². The van der Waals surface area contributed by atoms with Crippen LogP contribution in [0.3, 0.4) is 0 Å². The van der Waals surface area contributed by atoms with Gasteiger partial charge in [0.1, 0.15) is 16.7 Å². The van der Waals surface area contributed by atoms with E-state index in [0.29, 0.717) is 20.8 Å². The molecule has 0 aromatic carbocycles. The molecule has 1 unspecified atom stereocenters. The van der Waals surface area contributed by atoms with Gasteiger partial charge in [-0.25, -0.2) is 15.0 Å². The Balaban J connectivity index is 1.45. The maximum atomic E-state index is 6.22. The first-order valence-electron chi connectivity index (χ1n) is 9.30. The maximum absolute atomic E-state index is 6.22. The molecule has 0 saturated carbocycles. The lowest BCUT2D eigenvalue weighted by atomic mass is 9.76. The predicted octanol–water partition coefficient (Wildman–Crippen LogP) is 4.06. The summed E-state index contributed by atoms with van der Waals surface area (Å²) in [6.45, 7) is 6.45. The van der Waals surface area contributed by atoms with Crippen molar-refractivity contribution < 1.29 is 4.74 Å². The second kappa shape index (κ2) is 8.18. The predicted molar refractivity (Wildman–Crippen MR) is 118 cm³/mol. The minimum absolute atomic E-state index is 0.147. The average molecular weight is 453 g/mol. The van der Waals surface area contributed by atoms with Crippen LogP contribution in [0.5, 0.6) is 0 Å². The molecule has 0 radical (unpaired) electrons. The zero-order chi connectivity index (χ0) is 20.6. The van der Waals surface area contributed by atoms with Crippen molar-refractivity contribution in [3.05, 3.63) is 35.1 Å². The van der Waals surface area contributed by atoms with Crippen molar-refractivity contribution >= 4 is 52.4 Å². The molecule has 1 atom stereocenters. The molecule has 154 valence electrons. The number of nitrogen functional groups attached to an aromatic ring is 2. The molecule has 7 nitrogen and oxygen atoms in total. The molecule has 2 aromatic heterocycles. The smallest absolute Gasteiger partial charge is 0.158 e. The van der Waals surface area contributed by atoms with Crippen molar-refractivity contribution in [3.63, 3.8) is 0 Å². The van der Waals surface area contributed by atoms with Gasteiger partial charge in [-0.2, -0.15) is 0 Å². The molecule has 0 aliphatic carbocycles. The summed E-state index contributed by atoms with van der Waals surface area (Å²) in [4.78, 5) is 15.8. The summed E-state index contributed by atoms with van der Waals surface area (Å²) in [5.41, 5.74) is 12.2. The van der Waals surface area contributed by atoms with E-state index in [2.05, 4.69) is 26.4 Å². The summed E-state index contributed by atoms with van der Waals surface area (Å²) < 4.78 is 5.83. The van der Waals surface area contributed by atoms with Crippen molar-refractivity contribution in [2.45, 2.75) is 35.3 Å². The Morgan fingerprint density at radius 3 is 2.69 bits per heavy atom. The normalized spacial score (nSPS) is 20.9. The summed E-state index contributed by atoms with van der Waals surface area (Å²) in [5.74, 6) is 1.40. The van der Waals surface area contributed by atoms with Crippen LogP contribution in [0.25, 0.3) is 0 Å². The van der Waals surface area contributed by atoms with E-state index in [-0.39, 0.29) is 22.5 Å². The van der Waals surface area contributed by atoms with Gasteiger partial charge in [0.25, 0.3) is 0 Å². The van der Waals surface area contributed by atoms with Crippen LogP contribution in [0.4, 0.5) is 17.5 Å². The van der Waals surface area contributed by atoms with Crippen molar-refractivity contribution in [2.75, 3.05) is 36.1 Å². The number of aromatic nitrogens is 3. The summed E-state index contributed by atoms with van der Waals surface area (Å²) in [6, 6.07) is 1.64. The summed E-state index contributed by atoms with van der Waals surface area (Å²) in [7, 11) is 0. The third-order valence-corrected chi connectivity index (χ3v) is 7.43. The monoisotopic (exact) mass is 452 g/mol. The summed E-state index contributed by atoms with van der Waals surface area (Å²) in [6.07, 6.45) is 6.98. The van der Waals surface area contributed by atoms with Gasteiger partial charge in [-0.15, -0.1) is 6.58 Å². The first-order chi connectivity index (χ1) is 13.9.